The van der Waals surface area contributed by atoms with E-state index in [1.807, 2.05) is 7.05 Å². The van der Waals surface area contributed by atoms with E-state index < -0.39 is 23.7 Å². The number of hydrogen-bond donors (Lipinski definition) is 3. The topological polar surface area (TPSA) is 121 Å². The van der Waals surface area contributed by atoms with E-state index in [9.17, 15) is 22.8 Å². The number of hydrogen-bond acceptors (Lipinski definition) is 6. The van der Waals surface area contributed by atoms with Crippen molar-refractivity contribution < 1.29 is 22.8 Å². The molecular weight excluding hydrogens is 525 g/mol. The van der Waals surface area contributed by atoms with Crippen LogP contribution in [0.1, 0.15) is 21.6 Å². The van der Waals surface area contributed by atoms with Crippen molar-refractivity contribution >= 4 is 34.3 Å². The SMILES string of the molecule is CN1CCN(Cc2cc(NC(=O)Nc3ccc(-n4cnc5c(C(N)=O)nccc54)cc3)cc(C(F)(F)F)c2)CC1. The molecule has 5 rings (SSSR count). The summed E-state index contributed by atoms with van der Waals surface area (Å²) in [5, 5.41) is 5.17. The molecular formula is C27H27F3N8O2. The van der Waals surface area contributed by atoms with Crippen molar-refractivity contribution in [3.63, 3.8) is 0 Å². The summed E-state index contributed by atoms with van der Waals surface area (Å²) < 4.78 is 42.5. The number of likely N-dealkylation sites (N-methyl/N-ethyl adjacent to an activating group) is 1. The van der Waals surface area contributed by atoms with Crippen LogP contribution < -0.4 is 16.4 Å². The van der Waals surface area contributed by atoms with E-state index >= 15 is 0 Å². The summed E-state index contributed by atoms with van der Waals surface area (Å²) in [6.45, 7) is 3.55. The van der Waals surface area contributed by atoms with E-state index in [2.05, 4.69) is 30.4 Å². The molecule has 1 saturated heterocycles. The number of anilines is 2. The van der Waals surface area contributed by atoms with Crippen molar-refractivity contribution in [1.82, 2.24) is 24.3 Å². The number of fused-ring (bicyclic) bond motifs is 1. The molecule has 0 spiro atoms. The van der Waals surface area contributed by atoms with Crippen LogP contribution in [0.4, 0.5) is 29.3 Å². The molecule has 0 bridgehead atoms. The fraction of sp³-hybridized carbons (Fsp3) is 0.259. The molecule has 1 aliphatic rings. The van der Waals surface area contributed by atoms with Crippen molar-refractivity contribution in [1.29, 1.82) is 0 Å². The van der Waals surface area contributed by atoms with Gasteiger partial charge in [-0.2, -0.15) is 13.2 Å². The molecule has 3 heterocycles. The molecule has 0 radical (unpaired) electrons. The maximum atomic E-state index is 13.6. The third-order valence-corrected chi connectivity index (χ3v) is 6.68. The zero-order valence-electron chi connectivity index (χ0n) is 21.6. The lowest BCUT2D eigenvalue weighted by atomic mass is 10.1. The van der Waals surface area contributed by atoms with Gasteiger partial charge in [0.25, 0.3) is 5.91 Å². The number of carbonyl (C=O) groups is 2. The number of aromatic nitrogens is 3. The lowest BCUT2D eigenvalue weighted by molar-refractivity contribution is -0.137. The van der Waals surface area contributed by atoms with Gasteiger partial charge in [0.1, 0.15) is 11.8 Å². The van der Waals surface area contributed by atoms with Crippen LogP contribution in [0.3, 0.4) is 0 Å². The summed E-state index contributed by atoms with van der Waals surface area (Å²) in [5.74, 6) is -0.686. The Kier molecular flexibility index (Phi) is 7.41. The number of rotatable bonds is 6. The number of imidazole rings is 1. The lowest BCUT2D eigenvalue weighted by Crippen LogP contribution is -2.43. The number of benzene rings is 2. The highest BCUT2D eigenvalue weighted by atomic mass is 19.4. The highest BCUT2D eigenvalue weighted by Gasteiger charge is 2.31. The van der Waals surface area contributed by atoms with Gasteiger partial charge in [-0.25, -0.2) is 14.8 Å². The first-order valence-corrected chi connectivity index (χ1v) is 12.5. The van der Waals surface area contributed by atoms with Gasteiger partial charge in [-0.05, 0) is 61.1 Å². The number of amides is 3. The summed E-state index contributed by atoms with van der Waals surface area (Å²) in [6, 6.07) is 11.4. The number of nitrogens with zero attached hydrogens (tertiary/aromatic N) is 5. The zero-order chi connectivity index (χ0) is 28.4. The van der Waals surface area contributed by atoms with Crippen LogP contribution in [-0.2, 0) is 12.7 Å². The Morgan fingerprint density at radius 2 is 1.65 bits per heavy atom. The molecule has 0 saturated carbocycles. The van der Waals surface area contributed by atoms with Crippen LogP contribution in [0.5, 0.6) is 0 Å². The maximum Gasteiger partial charge on any atom is 0.416 e. The first-order valence-electron chi connectivity index (χ1n) is 12.5. The minimum atomic E-state index is -4.55. The van der Waals surface area contributed by atoms with Gasteiger partial charge >= 0.3 is 12.2 Å². The average molecular weight is 553 g/mol. The molecule has 2 aromatic carbocycles. The Bertz CT molecular complexity index is 1540. The van der Waals surface area contributed by atoms with Crippen LogP contribution >= 0.6 is 0 Å². The van der Waals surface area contributed by atoms with E-state index in [-0.39, 0.29) is 11.4 Å². The second kappa shape index (κ2) is 10.9. The molecule has 1 fully saturated rings. The van der Waals surface area contributed by atoms with Crippen LogP contribution in [0.2, 0.25) is 0 Å². The number of carbonyl (C=O) groups excluding carboxylic acids is 2. The lowest BCUT2D eigenvalue weighted by Gasteiger charge is -2.32. The third-order valence-electron chi connectivity index (χ3n) is 6.68. The minimum Gasteiger partial charge on any atom is -0.364 e. The minimum absolute atomic E-state index is 0.0526. The van der Waals surface area contributed by atoms with E-state index in [1.165, 1.54) is 12.5 Å². The molecule has 3 amide bonds. The van der Waals surface area contributed by atoms with Crippen molar-refractivity contribution in [3.05, 3.63) is 77.9 Å². The van der Waals surface area contributed by atoms with Gasteiger partial charge in [0, 0.05) is 56.0 Å². The molecule has 2 aromatic heterocycles. The number of urea groups is 1. The molecule has 0 unspecified atom stereocenters. The normalized spacial score (nSPS) is 14.8. The fourth-order valence-electron chi connectivity index (χ4n) is 4.61. The first-order chi connectivity index (χ1) is 19.1. The Labute approximate surface area is 227 Å². The summed E-state index contributed by atoms with van der Waals surface area (Å²) in [5.41, 5.74) is 7.26. The highest BCUT2D eigenvalue weighted by molar-refractivity contribution is 6.02. The second-order valence-corrected chi connectivity index (χ2v) is 9.63. The first kappa shape index (κ1) is 27.1. The molecule has 1 aliphatic heterocycles. The Balaban J connectivity index is 1.29. The smallest absolute Gasteiger partial charge is 0.364 e. The van der Waals surface area contributed by atoms with E-state index in [4.69, 9.17) is 5.73 Å². The molecule has 4 aromatic rings. The van der Waals surface area contributed by atoms with Crippen molar-refractivity contribution in [2.75, 3.05) is 43.9 Å². The summed E-state index contributed by atoms with van der Waals surface area (Å²) in [6.07, 6.45) is -1.56. The predicted molar refractivity (Wildman–Crippen MR) is 144 cm³/mol. The van der Waals surface area contributed by atoms with Gasteiger partial charge in [-0.1, -0.05) is 0 Å². The van der Waals surface area contributed by atoms with Crippen LogP contribution in [-0.4, -0.2) is 69.5 Å². The van der Waals surface area contributed by atoms with E-state index in [0.29, 0.717) is 34.5 Å². The van der Waals surface area contributed by atoms with Gasteiger partial charge in [0.15, 0.2) is 5.69 Å². The van der Waals surface area contributed by atoms with Crippen LogP contribution in [0.15, 0.2) is 61.1 Å². The molecule has 4 N–H and O–H groups in total. The number of pyridine rings is 1. The molecule has 0 aliphatic carbocycles. The Hall–Kier alpha value is -4.49. The van der Waals surface area contributed by atoms with Crippen molar-refractivity contribution in [2.45, 2.75) is 12.7 Å². The quantitative estimate of drug-likeness (QED) is 0.333. The molecule has 40 heavy (non-hydrogen) atoms. The monoisotopic (exact) mass is 552 g/mol. The summed E-state index contributed by atoms with van der Waals surface area (Å²) in [4.78, 5) is 36.8. The number of halogens is 3. The Morgan fingerprint density at radius 3 is 2.33 bits per heavy atom. The van der Waals surface area contributed by atoms with E-state index in [1.54, 1.807) is 41.0 Å². The average Bonchev–Trinajstić information content (AvgIpc) is 3.34. The van der Waals surface area contributed by atoms with Gasteiger partial charge in [-0.15, -0.1) is 0 Å². The van der Waals surface area contributed by atoms with Crippen LogP contribution in [0, 0.1) is 0 Å². The van der Waals surface area contributed by atoms with Gasteiger partial charge in [-0.3, -0.25) is 14.3 Å². The van der Waals surface area contributed by atoms with Crippen LogP contribution in [0.25, 0.3) is 16.7 Å². The maximum absolute atomic E-state index is 13.6. The number of alkyl halides is 3. The van der Waals surface area contributed by atoms with E-state index in [0.717, 1.165) is 38.3 Å². The molecule has 0 atom stereocenters. The van der Waals surface area contributed by atoms with Crippen molar-refractivity contribution in [3.8, 4) is 5.69 Å². The number of nitrogens with two attached hydrogens (primary N) is 1. The number of nitrogens with one attached hydrogen (secondary N) is 2. The van der Waals surface area contributed by atoms with Gasteiger partial charge in [0.2, 0.25) is 0 Å². The predicted octanol–water partition coefficient (Wildman–Crippen LogP) is 3.93. The molecule has 10 nitrogen and oxygen atoms in total. The Morgan fingerprint density at radius 1 is 0.950 bits per heavy atom. The van der Waals surface area contributed by atoms with Crippen molar-refractivity contribution in [2.24, 2.45) is 5.73 Å². The fourth-order valence-corrected chi connectivity index (χ4v) is 4.61. The summed E-state index contributed by atoms with van der Waals surface area (Å²) >= 11 is 0. The van der Waals surface area contributed by atoms with Gasteiger partial charge < -0.3 is 21.3 Å². The number of piperazine rings is 1. The van der Waals surface area contributed by atoms with Gasteiger partial charge in [0.05, 0.1) is 11.1 Å². The largest absolute Gasteiger partial charge is 0.416 e. The third kappa shape index (κ3) is 6.05. The standard InChI is InChI=1S/C27H27F3N8O2/c1-36-8-10-37(11-9-36)15-17-12-18(27(28,29)30)14-20(13-17)35-26(40)34-19-2-4-21(5-3-19)38-16-33-23-22(38)6-7-32-24(23)25(31)39/h2-7,12-14,16H,8-11,15H2,1H3,(H2,31,39)(H2,34,35,40). The highest BCUT2D eigenvalue weighted by Crippen LogP contribution is 2.32. The number of primary amides is 1. The second-order valence-electron chi connectivity index (χ2n) is 9.63. The molecule has 13 heteroatoms. The molecule has 208 valence electrons. The summed E-state index contributed by atoms with van der Waals surface area (Å²) in [7, 11) is 2.01. The zero-order valence-corrected chi connectivity index (χ0v) is 21.6.